The van der Waals surface area contributed by atoms with Crippen molar-refractivity contribution in [2.24, 2.45) is 5.92 Å². The molecule has 0 bridgehead atoms. The average Bonchev–Trinajstić information content (AvgIpc) is 2.97. The van der Waals surface area contributed by atoms with Crippen molar-refractivity contribution in [3.63, 3.8) is 0 Å². The van der Waals surface area contributed by atoms with Crippen molar-refractivity contribution in [2.75, 3.05) is 5.32 Å². The summed E-state index contributed by atoms with van der Waals surface area (Å²) in [4.78, 5) is 17.8. The van der Waals surface area contributed by atoms with Gasteiger partial charge in [0.05, 0.1) is 11.0 Å². The molecule has 0 saturated heterocycles. The first-order chi connectivity index (χ1) is 11.4. The van der Waals surface area contributed by atoms with Gasteiger partial charge >= 0.3 is 6.18 Å². The van der Waals surface area contributed by atoms with Gasteiger partial charge in [0.15, 0.2) is 0 Å². The molecule has 1 aliphatic rings. The Balaban J connectivity index is 1.61. The molecule has 1 saturated carbocycles. The minimum Gasteiger partial charge on any atom is -0.334 e. The number of aromatic amines is 1. The van der Waals surface area contributed by atoms with Crippen molar-refractivity contribution in [1.82, 2.24) is 9.97 Å². The predicted octanol–water partition coefficient (Wildman–Crippen LogP) is 4.88. The van der Waals surface area contributed by atoms with Crippen LogP contribution in [0.5, 0.6) is 0 Å². The first kappa shape index (κ1) is 16.8. The molecule has 0 atom stereocenters. The maximum atomic E-state index is 12.7. The van der Waals surface area contributed by atoms with Gasteiger partial charge in [0.1, 0.15) is 0 Å². The molecule has 2 N–H and O–H groups in total. The summed E-state index contributed by atoms with van der Waals surface area (Å²) in [6.45, 7) is 0. The highest BCUT2D eigenvalue weighted by Gasteiger charge is 2.34. The fraction of sp³-hybridized carbons (Fsp3) is 0.529. The number of rotatable bonds is 4. The fourth-order valence-corrected chi connectivity index (χ4v) is 3.26. The minimum atomic E-state index is -4.51. The topological polar surface area (TPSA) is 57.8 Å². The third-order valence-electron chi connectivity index (χ3n) is 4.54. The lowest BCUT2D eigenvalue weighted by Gasteiger charge is -2.20. The quantitative estimate of drug-likeness (QED) is 0.834. The molecule has 2 aromatic rings. The Morgan fingerprint density at radius 2 is 2.00 bits per heavy atom. The molecule has 1 aromatic carbocycles. The molecule has 1 heterocycles. The first-order valence-electron chi connectivity index (χ1n) is 8.28. The van der Waals surface area contributed by atoms with Crippen LogP contribution < -0.4 is 5.32 Å². The van der Waals surface area contributed by atoms with Gasteiger partial charge in [0, 0.05) is 12.1 Å². The molecule has 0 unspecified atom stereocenters. The van der Waals surface area contributed by atoms with E-state index < -0.39 is 12.0 Å². The van der Waals surface area contributed by atoms with E-state index in [0.717, 1.165) is 6.42 Å². The van der Waals surface area contributed by atoms with Gasteiger partial charge in [-0.2, -0.15) is 13.2 Å². The summed E-state index contributed by atoms with van der Waals surface area (Å²) in [5.41, 5.74) is 0.962. The number of carbonyl (C=O) groups excluding carboxylic acids is 1. The number of carbonyl (C=O) groups is 1. The van der Waals surface area contributed by atoms with Crippen LogP contribution in [0.2, 0.25) is 0 Å². The number of nitrogens with one attached hydrogen (secondary N) is 2. The number of halogens is 3. The van der Waals surface area contributed by atoms with Crippen LogP contribution in [0.25, 0.3) is 11.0 Å². The summed E-state index contributed by atoms with van der Waals surface area (Å²) < 4.78 is 38.0. The van der Waals surface area contributed by atoms with Gasteiger partial charge in [0.25, 0.3) is 0 Å². The number of hydrogen-bond acceptors (Lipinski definition) is 2. The molecule has 24 heavy (non-hydrogen) atoms. The first-order valence-corrected chi connectivity index (χ1v) is 8.28. The van der Waals surface area contributed by atoms with Crippen LogP contribution in [0, 0.1) is 5.92 Å². The third-order valence-corrected chi connectivity index (χ3v) is 4.54. The van der Waals surface area contributed by atoms with Crippen LogP contribution in [0.15, 0.2) is 18.2 Å². The van der Waals surface area contributed by atoms with Crippen LogP contribution in [-0.2, 0) is 11.0 Å². The standard InChI is InChI=1S/C17H20F3N3O/c18-17(19,20)16-22-13-8-7-12(10-14(13)23-16)21-15(24)9-6-11-4-2-1-3-5-11/h7-8,10-11H,1-6,9H2,(H,21,24)(H,22,23). The van der Waals surface area contributed by atoms with Gasteiger partial charge < -0.3 is 10.3 Å². The van der Waals surface area contributed by atoms with Crippen LogP contribution in [0.4, 0.5) is 18.9 Å². The molecule has 1 fully saturated rings. The van der Waals surface area contributed by atoms with E-state index in [1.54, 1.807) is 6.07 Å². The summed E-state index contributed by atoms with van der Waals surface area (Å²) in [6, 6.07) is 4.52. The maximum absolute atomic E-state index is 12.7. The molecular formula is C17H20F3N3O. The summed E-state index contributed by atoms with van der Waals surface area (Å²) in [5, 5.41) is 2.75. The van der Waals surface area contributed by atoms with Gasteiger partial charge in [-0.25, -0.2) is 4.98 Å². The second-order valence-corrected chi connectivity index (χ2v) is 6.41. The highest BCUT2D eigenvalue weighted by atomic mass is 19.4. The number of fused-ring (bicyclic) bond motifs is 1. The second-order valence-electron chi connectivity index (χ2n) is 6.41. The Morgan fingerprint density at radius 1 is 1.25 bits per heavy atom. The lowest BCUT2D eigenvalue weighted by Crippen LogP contribution is -2.14. The fourth-order valence-electron chi connectivity index (χ4n) is 3.26. The number of anilines is 1. The van der Waals surface area contributed by atoms with E-state index in [9.17, 15) is 18.0 Å². The van der Waals surface area contributed by atoms with E-state index in [2.05, 4.69) is 15.3 Å². The van der Waals surface area contributed by atoms with E-state index in [1.165, 1.54) is 44.2 Å². The summed E-state index contributed by atoms with van der Waals surface area (Å²) in [7, 11) is 0. The number of alkyl halides is 3. The Bertz CT molecular complexity index is 717. The van der Waals surface area contributed by atoms with Crippen molar-refractivity contribution in [3.8, 4) is 0 Å². The Labute approximate surface area is 137 Å². The number of amides is 1. The molecule has 0 radical (unpaired) electrons. The van der Waals surface area contributed by atoms with Gasteiger partial charge in [-0.1, -0.05) is 32.1 Å². The number of H-pyrrole nitrogens is 1. The molecule has 1 aromatic heterocycles. The van der Waals surface area contributed by atoms with E-state index in [0.29, 0.717) is 18.0 Å². The lowest BCUT2D eigenvalue weighted by molar-refractivity contribution is -0.144. The predicted molar refractivity (Wildman–Crippen MR) is 85.5 cm³/mol. The molecule has 7 heteroatoms. The van der Waals surface area contributed by atoms with Crippen LogP contribution in [0.3, 0.4) is 0 Å². The van der Waals surface area contributed by atoms with Crippen molar-refractivity contribution in [3.05, 3.63) is 24.0 Å². The molecule has 1 aliphatic carbocycles. The Hall–Kier alpha value is -2.05. The van der Waals surface area contributed by atoms with Crippen molar-refractivity contribution in [1.29, 1.82) is 0 Å². The van der Waals surface area contributed by atoms with E-state index >= 15 is 0 Å². The van der Waals surface area contributed by atoms with Crippen molar-refractivity contribution < 1.29 is 18.0 Å². The zero-order chi connectivity index (χ0) is 17.2. The Kier molecular flexibility index (Phi) is 4.78. The van der Waals surface area contributed by atoms with Crippen LogP contribution in [-0.4, -0.2) is 15.9 Å². The highest BCUT2D eigenvalue weighted by Crippen LogP contribution is 2.30. The van der Waals surface area contributed by atoms with Crippen molar-refractivity contribution >= 4 is 22.6 Å². The van der Waals surface area contributed by atoms with E-state index in [4.69, 9.17) is 0 Å². The third kappa shape index (κ3) is 4.07. The van der Waals surface area contributed by atoms with Crippen LogP contribution in [0.1, 0.15) is 50.8 Å². The molecule has 1 amide bonds. The number of imidazole rings is 1. The normalized spacial score (nSPS) is 16.5. The van der Waals surface area contributed by atoms with Crippen molar-refractivity contribution in [2.45, 2.75) is 51.1 Å². The summed E-state index contributed by atoms with van der Waals surface area (Å²) >= 11 is 0. The van der Waals surface area contributed by atoms with Crippen LogP contribution >= 0.6 is 0 Å². The molecular weight excluding hydrogens is 319 g/mol. The maximum Gasteiger partial charge on any atom is 0.449 e. The molecule has 3 rings (SSSR count). The molecule has 130 valence electrons. The average molecular weight is 339 g/mol. The number of hydrogen-bond donors (Lipinski definition) is 2. The van der Waals surface area contributed by atoms with Gasteiger partial charge in [-0.15, -0.1) is 0 Å². The van der Waals surface area contributed by atoms with E-state index in [-0.39, 0.29) is 16.9 Å². The van der Waals surface area contributed by atoms with Gasteiger partial charge in [-0.3, -0.25) is 4.79 Å². The number of nitrogens with zero attached hydrogens (tertiary/aromatic N) is 1. The summed E-state index contributed by atoms with van der Waals surface area (Å²) in [6.07, 6.45) is 2.95. The van der Waals surface area contributed by atoms with Gasteiger partial charge in [-0.05, 0) is 30.5 Å². The number of benzene rings is 1. The van der Waals surface area contributed by atoms with Gasteiger partial charge in [0.2, 0.25) is 11.7 Å². The molecule has 0 spiro atoms. The Morgan fingerprint density at radius 3 is 2.71 bits per heavy atom. The summed E-state index contributed by atoms with van der Waals surface area (Å²) in [5.74, 6) is -0.511. The molecule has 0 aliphatic heterocycles. The highest BCUT2D eigenvalue weighted by molar-refractivity contribution is 5.93. The second kappa shape index (κ2) is 6.83. The lowest BCUT2D eigenvalue weighted by atomic mass is 9.86. The SMILES string of the molecule is O=C(CCC1CCCCC1)Nc1ccc2nc(C(F)(F)F)[nH]c2c1. The largest absolute Gasteiger partial charge is 0.449 e. The smallest absolute Gasteiger partial charge is 0.334 e. The minimum absolute atomic E-state index is 0.101. The number of aromatic nitrogens is 2. The molecule has 4 nitrogen and oxygen atoms in total. The monoisotopic (exact) mass is 339 g/mol. The zero-order valence-electron chi connectivity index (χ0n) is 13.2. The van der Waals surface area contributed by atoms with E-state index in [1.807, 2.05) is 0 Å². The zero-order valence-corrected chi connectivity index (χ0v) is 13.2.